The van der Waals surface area contributed by atoms with Gasteiger partial charge in [-0.2, -0.15) is 5.10 Å². The van der Waals surface area contributed by atoms with Crippen LogP contribution in [0, 0.1) is 12.3 Å². The molecule has 0 unspecified atom stereocenters. The fraction of sp³-hybridized carbons (Fsp3) is 0.833. The van der Waals surface area contributed by atoms with Crippen LogP contribution >= 0.6 is 0 Å². The first-order chi connectivity index (χ1) is 10.5. The molecule has 4 nitrogen and oxygen atoms in total. The number of rotatable bonds is 5. The first-order valence-electron chi connectivity index (χ1n) is 8.98. The van der Waals surface area contributed by atoms with Crippen molar-refractivity contribution >= 4 is 0 Å². The molecule has 1 aromatic rings. The van der Waals surface area contributed by atoms with Crippen LogP contribution in [0.3, 0.4) is 0 Å². The van der Waals surface area contributed by atoms with E-state index in [0.717, 1.165) is 0 Å². The molecule has 2 aliphatic rings. The molecule has 2 fully saturated rings. The number of aryl methyl sites for hydroxylation is 1. The van der Waals surface area contributed by atoms with Crippen LogP contribution in [-0.4, -0.2) is 59.3 Å². The maximum absolute atomic E-state index is 4.19. The lowest BCUT2D eigenvalue weighted by Crippen LogP contribution is -2.44. The van der Waals surface area contributed by atoms with Gasteiger partial charge in [0.2, 0.25) is 0 Å². The van der Waals surface area contributed by atoms with Crippen molar-refractivity contribution in [1.82, 2.24) is 20.0 Å². The third-order valence-corrected chi connectivity index (χ3v) is 5.37. The molecule has 22 heavy (non-hydrogen) atoms. The average molecular weight is 304 g/mol. The van der Waals surface area contributed by atoms with Gasteiger partial charge < -0.3 is 9.80 Å². The summed E-state index contributed by atoms with van der Waals surface area (Å²) < 4.78 is 0. The molecule has 124 valence electrons. The van der Waals surface area contributed by atoms with Gasteiger partial charge in [-0.1, -0.05) is 13.8 Å². The molecular formula is C18H32N4. The Hall–Kier alpha value is -0.870. The second kappa shape index (κ2) is 6.71. The van der Waals surface area contributed by atoms with Crippen LogP contribution in [0.4, 0.5) is 0 Å². The SMILES string of the molecule is Cc1cn[nH]c1C1CCN(CC(C)(C)CN2CCCC2)CC1. The first kappa shape index (κ1) is 16.0. The number of aromatic amines is 1. The molecule has 0 radical (unpaired) electrons. The Balaban J connectivity index is 1.47. The van der Waals surface area contributed by atoms with Gasteiger partial charge in [-0.15, -0.1) is 0 Å². The summed E-state index contributed by atoms with van der Waals surface area (Å²) in [6.45, 7) is 14.6. The van der Waals surface area contributed by atoms with Crippen LogP contribution in [-0.2, 0) is 0 Å². The number of hydrogen-bond donors (Lipinski definition) is 1. The van der Waals surface area contributed by atoms with Gasteiger partial charge >= 0.3 is 0 Å². The van der Waals surface area contributed by atoms with Crippen LogP contribution < -0.4 is 0 Å². The highest BCUT2D eigenvalue weighted by Crippen LogP contribution is 2.30. The second-order valence-corrected chi connectivity index (χ2v) is 8.16. The summed E-state index contributed by atoms with van der Waals surface area (Å²) >= 11 is 0. The molecule has 2 aliphatic heterocycles. The van der Waals surface area contributed by atoms with E-state index in [1.807, 2.05) is 6.20 Å². The minimum atomic E-state index is 0.404. The van der Waals surface area contributed by atoms with Crippen molar-refractivity contribution in [3.63, 3.8) is 0 Å². The van der Waals surface area contributed by atoms with E-state index in [4.69, 9.17) is 0 Å². The van der Waals surface area contributed by atoms with Crippen molar-refractivity contribution in [2.24, 2.45) is 5.41 Å². The third kappa shape index (κ3) is 3.90. The number of aromatic nitrogens is 2. The molecule has 3 heterocycles. The lowest BCUT2D eigenvalue weighted by Gasteiger charge is -2.39. The van der Waals surface area contributed by atoms with Gasteiger partial charge in [-0.05, 0) is 69.8 Å². The zero-order chi connectivity index (χ0) is 15.6. The number of likely N-dealkylation sites (tertiary alicyclic amines) is 2. The fourth-order valence-electron chi connectivity index (χ4n) is 4.35. The average Bonchev–Trinajstić information content (AvgIpc) is 3.10. The van der Waals surface area contributed by atoms with Gasteiger partial charge in [0.1, 0.15) is 0 Å². The van der Waals surface area contributed by atoms with Crippen molar-refractivity contribution in [2.45, 2.75) is 52.4 Å². The Labute approximate surface area is 135 Å². The molecule has 0 saturated carbocycles. The van der Waals surface area contributed by atoms with Gasteiger partial charge in [-0.3, -0.25) is 5.10 Å². The highest BCUT2D eigenvalue weighted by molar-refractivity contribution is 5.19. The Morgan fingerprint density at radius 3 is 2.23 bits per heavy atom. The normalized spacial score (nSPS) is 22.5. The van der Waals surface area contributed by atoms with Crippen molar-refractivity contribution in [3.05, 3.63) is 17.5 Å². The van der Waals surface area contributed by atoms with Gasteiger partial charge in [0, 0.05) is 24.7 Å². The molecular weight excluding hydrogens is 272 g/mol. The van der Waals surface area contributed by atoms with Gasteiger partial charge in [0.05, 0.1) is 6.20 Å². The summed E-state index contributed by atoms with van der Waals surface area (Å²) in [4.78, 5) is 5.33. The maximum Gasteiger partial charge on any atom is 0.0519 e. The minimum Gasteiger partial charge on any atom is -0.303 e. The van der Waals surface area contributed by atoms with Crippen LogP contribution in [0.1, 0.15) is 56.7 Å². The van der Waals surface area contributed by atoms with Crippen molar-refractivity contribution in [1.29, 1.82) is 0 Å². The third-order valence-electron chi connectivity index (χ3n) is 5.37. The van der Waals surface area contributed by atoms with Gasteiger partial charge in [-0.25, -0.2) is 0 Å². The number of nitrogens with zero attached hydrogens (tertiary/aromatic N) is 3. The lowest BCUT2D eigenvalue weighted by atomic mass is 9.88. The van der Waals surface area contributed by atoms with Crippen LogP contribution in [0.25, 0.3) is 0 Å². The topological polar surface area (TPSA) is 35.2 Å². The number of nitrogens with one attached hydrogen (secondary N) is 1. The smallest absolute Gasteiger partial charge is 0.0519 e. The highest BCUT2D eigenvalue weighted by atomic mass is 15.2. The van der Waals surface area contributed by atoms with Crippen molar-refractivity contribution < 1.29 is 0 Å². The van der Waals surface area contributed by atoms with Crippen molar-refractivity contribution in [3.8, 4) is 0 Å². The second-order valence-electron chi connectivity index (χ2n) is 8.16. The summed E-state index contributed by atoms with van der Waals surface area (Å²) in [6.07, 6.45) is 7.28. The zero-order valence-corrected chi connectivity index (χ0v) is 14.6. The lowest BCUT2D eigenvalue weighted by molar-refractivity contribution is 0.112. The fourth-order valence-corrected chi connectivity index (χ4v) is 4.35. The van der Waals surface area contributed by atoms with Gasteiger partial charge in [0.25, 0.3) is 0 Å². The van der Waals surface area contributed by atoms with Crippen LogP contribution in [0.2, 0.25) is 0 Å². The summed E-state index contributed by atoms with van der Waals surface area (Å²) in [5.41, 5.74) is 3.10. The van der Waals surface area contributed by atoms with E-state index >= 15 is 0 Å². The molecule has 0 bridgehead atoms. The molecule has 3 rings (SSSR count). The zero-order valence-electron chi connectivity index (χ0n) is 14.6. The molecule has 0 aromatic carbocycles. The minimum absolute atomic E-state index is 0.404. The summed E-state index contributed by atoms with van der Waals surface area (Å²) in [5.74, 6) is 0.681. The Bertz CT molecular complexity index is 465. The predicted octanol–water partition coefficient (Wildman–Crippen LogP) is 3.02. The van der Waals surface area contributed by atoms with Gasteiger partial charge in [0.15, 0.2) is 0 Å². The number of piperidine rings is 1. The first-order valence-corrected chi connectivity index (χ1v) is 8.98. The molecule has 1 N–H and O–H groups in total. The largest absolute Gasteiger partial charge is 0.303 e. The summed E-state index contributed by atoms with van der Waals surface area (Å²) in [7, 11) is 0. The maximum atomic E-state index is 4.19. The van der Waals surface area contributed by atoms with Crippen molar-refractivity contribution in [2.75, 3.05) is 39.3 Å². The molecule has 0 atom stereocenters. The van der Waals surface area contributed by atoms with E-state index in [1.54, 1.807) is 0 Å². The predicted molar refractivity (Wildman–Crippen MR) is 91.2 cm³/mol. The van der Waals surface area contributed by atoms with E-state index in [2.05, 4.69) is 40.8 Å². The summed E-state index contributed by atoms with van der Waals surface area (Å²) in [5, 5.41) is 7.40. The van der Waals surface area contributed by atoms with E-state index < -0.39 is 0 Å². The molecule has 1 aromatic heterocycles. The molecule has 0 amide bonds. The van der Waals surface area contributed by atoms with E-state index in [0.29, 0.717) is 11.3 Å². The van der Waals surface area contributed by atoms with E-state index in [-0.39, 0.29) is 0 Å². The molecule has 0 aliphatic carbocycles. The molecule has 2 saturated heterocycles. The Kier molecular flexibility index (Phi) is 4.88. The van der Waals surface area contributed by atoms with Crippen LogP contribution in [0.15, 0.2) is 6.20 Å². The Morgan fingerprint density at radius 2 is 1.68 bits per heavy atom. The number of H-pyrrole nitrogens is 1. The standard InChI is InChI=1S/C18H32N4/c1-15-12-19-20-17(15)16-6-10-22(11-7-16)14-18(2,3)13-21-8-4-5-9-21/h12,16H,4-11,13-14H2,1-3H3,(H,19,20). The molecule has 0 spiro atoms. The number of hydrogen-bond acceptors (Lipinski definition) is 3. The quantitative estimate of drug-likeness (QED) is 0.908. The van der Waals surface area contributed by atoms with E-state index in [1.165, 1.54) is 76.2 Å². The summed E-state index contributed by atoms with van der Waals surface area (Å²) in [6, 6.07) is 0. The Morgan fingerprint density at radius 1 is 1.09 bits per heavy atom. The molecule has 4 heteroatoms. The van der Waals surface area contributed by atoms with E-state index in [9.17, 15) is 0 Å². The highest BCUT2D eigenvalue weighted by Gasteiger charge is 2.29. The monoisotopic (exact) mass is 304 g/mol. The van der Waals surface area contributed by atoms with Crippen LogP contribution in [0.5, 0.6) is 0 Å².